The van der Waals surface area contributed by atoms with Gasteiger partial charge in [0.25, 0.3) is 10.1 Å². The van der Waals surface area contributed by atoms with Gasteiger partial charge in [-0.25, -0.2) is 0 Å². The van der Waals surface area contributed by atoms with E-state index in [0.717, 1.165) is 0 Å². The van der Waals surface area contributed by atoms with Crippen LogP contribution in [-0.2, 0) is 10.1 Å². The van der Waals surface area contributed by atoms with Crippen molar-refractivity contribution in [2.75, 3.05) is 5.32 Å². The van der Waals surface area contributed by atoms with Crippen molar-refractivity contribution in [3.05, 3.63) is 48.0 Å². The van der Waals surface area contributed by atoms with Gasteiger partial charge in [-0.1, -0.05) is 12.1 Å². The first-order valence-electron chi connectivity index (χ1n) is 5.53. The smallest absolute Gasteiger partial charge is 0.296 e. The summed E-state index contributed by atoms with van der Waals surface area (Å²) in [5.41, 5.74) is 0.663. The molecule has 0 saturated heterocycles. The summed E-state index contributed by atoms with van der Waals surface area (Å²) in [5.74, 6) is -0.227. The lowest BCUT2D eigenvalue weighted by atomic mass is 10.2. The van der Waals surface area contributed by atoms with Crippen molar-refractivity contribution in [2.24, 2.45) is 0 Å². The third kappa shape index (κ3) is 2.95. The van der Waals surface area contributed by atoms with Crippen molar-refractivity contribution < 1.29 is 22.9 Å². The van der Waals surface area contributed by atoms with Crippen LogP contribution in [0.25, 0.3) is 0 Å². The second-order valence-corrected chi connectivity index (χ2v) is 5.38. The van der Waals surface area contributed by atoms with E-state index in [-0.39, 0.29) is 21.9 Å². The van der Waals surface area contributed by atoms with E-state index in [9.17, 15) is 18.3 Å². The van der Waals surface area contributed by atoms with Gasteiger partial charge >= 0.3 is 0 Å². The summed E-state index contributed by atoms with van der Waals surface area (Å²) in [4.78, 5) is 10.3. The molecule has 0 aliphatic carbocycles. The summed E-state index contributed by atoms with van der Waals surface area (Å²) in [5, 5.41) is 12.3. The minimum atomic E-state index is -4.36. The predicted octanol–water partition coefficient (Wildman–Crippen LogP) is 2.19. The Morgan fingerprint density at radius 1 is 1.10 bits per heavy atom. The average molecular weight is 293 g/mol. The number of aromatic hydroxyl groups is 1. The number of hydrogen-bond donors (Lipinski definition) is 3. The van der Waals surface area contributed by atoms with Crippen LogP contribution in [0.15, 0.2) is 47.4 Å². The van der Waals surface area contributed by atoms with Crippen LogP contribution in [0.4, 0.5) is 11.4 Å². The summed E-state index contributed by atoms with van der Waals surface area (Å²) in [6.45, 7) is 0. The van der Waals surface area contributed by atoms with E-state index in [0.29, 0.717) is 12.0 Å². The fraction of sp³-hybridized carbons (Fsp3) is 0. The highest BCUT2D eigenvalue weighted by atomic mass is 32.2. The Balaban J connectivity index is 2.41. The van der Waals surface area contributed by atoms with Crippen molar-refractivity contribution >= 4 is 27.8 Å². The van der Waals surface area contributed by atoms with Crippen LogP contribution in [0.3, 0.4) is 0 Å². The largest absolute Gasteiger partial charge is 0.507 e. The number of benzene rings is 2. The normalized spacial score (nSPS) is 11.1. The molecule has 0 fully saturated rings. The topological polar surface area (TPSA) is 104 Å². The third-order valence-corrected chi connectivity index (χ3v) is 3.51. The molecule has 2 rings (SSSR count). The molecule has 0 aliphatic rings. The van der Waals surface area contributed by atoms with E-state index in [1.54, 1.807) is 6.07 Å². The molecule has 2 aromatic carbocycles. The Labute approximate surface area is 115 Å². The zero-order valence-electron chi connectivity index (χ0n) is 10.1. The summed E-state index contributed by atoms with van der Waals surface area (Å²) in [7, 11) is -4.36. The minimum absolute atomic E-state index is 0.124. The van der Waals surface area contributed by atoms with Gasteiger partial charge in [-0.3, -0.25) is 9.35 Å². The van der Waals surface area contributed by atoms with Crippen LogP contribution in [0, 0.1) is 0 Å². The molecule has 20 heavy (non-hydrogen) atoms. The summed E-state index contributed by atoms with van der Waals surface area (Å²) < 4.78 is 31.6. The number of phenols is 1. The van der Waals surface area contributed by atoms with Crippen LogP contribution < -0.4 is 5.32 Å². The zero-order valence-corrected chi connectivity index (χ0v) is 11.0. The van der Waals surface area contributed by atoms with Crippen LogP contribution in [0.2, 0.25) is 0 Å². The second kappa shape index (κ2) is 5.32. The van der Waals surface area contributed by atoms with Crippen LogP contribution in [-0.4, -0.2) is 24.4 Å². The number of para-hydroxylation sites is 1. The van der Waals surface area contributed by atoms with Gasteiger partial charge in [-0.2, -0.15) is 8.42 Å². The third-order valence-electron chi connectivity index (χ3n) is 2.60. The van der Waals surface area contributed by atoms with E-state index < -0.39 is 10.1 Å². The molecule has 0 bridgehead atoms. The quantitative estimate of drug-likeness (QED) is 0.589. The molecule has 7 heteroatoms. The van der Waals surface area contributed by atoms with Crippen LogP contribution in [0.5, 0.6) is 5.75 Å². The molecule has 104 valence electrons. The number of phenolic OH excluding ortho intramolecular Hbond substituents is 1. The number of hydrogen-bond acceptors (Lipinski definition) is 5. The molecule has 0 aliphatic heterocycles. The molecular formula is C13H11NO5S. The Morgan fingerprint density at radius 2 is 1.80 bits per heavy atom. The van der Waals surface area contributed by atoms with E-state index >= 15 is 0 Å². The number of carbonyl (C=O) groups excluding carboxylic acids is 1. The maximum Gasteiger partial charge on any atom is 0.296 e. The molecule has 2 aromatic rings. The first-order valence-corrected chi connectivity index (χ1v) is 6.97. The second-order valence-electron chi connectivity index (χ2n) is 3.99. The van der Waals surface area contributed by atoms with Gasteiger partial charge < -0.3 is 10.4 Å². The molecule has 0 unspecified atom stereocenters. The van der Waals surface area contributed by atoms with E-state index in [1.165, 1.54) is 36.4 Å². The lowest BCUT2D eigenvalue weighted by Crippen LogP contribution is -2.03. The molecule has 0 radical (unpaired) electrons. The maximum absolute atomic E-state index is 11.2. The van der Waals surface area contributed by atoms with E-state index in [1.807, 2.05) is 0 Å². The Morgan fingerprint density at radius 3 is 2.40 bits per heavy atom. The minimum Gasteiger partial charge on any atom is -0.507 e. The molecule has 3 N–H and O–H groups in total. The highest BCUT2D eigenvalue weighted by Crippen LogP contribution is 2.27. The molecule has 6 nitrogen and oxygen atoms in total. The van der Waals surface area contributed by atoms with Gasteiger partial charge in [0, 0.05) is 11.8 Å². The standard InChI is InChI=1S/C13H11NO5S/c15-8-9-5-6-10(7-12(9)16)14-11-3-1-2-4-13(11)20(17,18)19/h1-8,14,16H,(H,17,18,19). The molecule has 0 heterocycles. The highest BCUT2D eigenvalue weighted by Gasteiger charge is 2.15. The number of aldehydes is 1. The summed E-state index contributed by atoms with van der Waals surface area (Å²) in [6, 6.07) is 9.96. The van der Waals surface area contributed by atoms with Crippen molar-refractivity contribution in [2.45, 2.75) is 4.90 Å². The highest BCUT2D eigenvalue weighted by molar-refractivity contribution is 7.86. The molecule has 0 atom stereocenters. The first kappa shape index (κ1) is 14.0. The molecule has 0 amide bonds. The molecule has 0 spiro atoms. The lowest BCUT2D eigenvalue weighted by molar-refractivity contribution is 0.112. The van der Waals surface area contributed by atoms with Crippen molar-refractivity contribution in [3.63, 3.8) is 0 Å². The first-order chi connectivity index (χ1) is 9.41. The lowest BCUT2D eigenvalue weighted by Gasteiger charge is -2.10. The monoisotopic (exact) mass is 293 g/mol. The molecule has 0 aromatic heterocycles. The van der Waals surface area contributed by atoms with Crippen LogP contribution >= 0.6 is 0 Å². The number of carbonyl (C=O) groups is 1. The molecular weight excluding hydrogens is 282 g/mol. The Kier molecular flexibility index (Phi) is 3.73. The number of rotatable bonds is 4. The maximum atomic E-state index is 11.2. The van der Waals surface area contributed by atoms with Gasteiger partial charge in [-0.15, -0.1) is 0 Å². The van der Waals surface area contributed by atoms with Crippen molar-refractivity contribution in [3.8, 4) is 5.75 Å². The van der Waals surface area contributed by atoms with E-state index in [2.05, 4.69) is 5.32 Å². The summed E-state index contributed by atoms with van der Waals surface area (Å²) >= 11 is 0. The fourth-order valence-electron chi connectivity index (χ4n) is 1.67. The Bertz CT molecular complexity index is 755. The van der Waals surface area contributed by atoms with Crippen LogP contribution in [0.1, 0.15) is 10.4 Å². The van der Waals surface area contributed by atoms with Gasteiger partial charge in [0.05, 0.1) is 11.3 Å². The number of anilines is 2. The van der Waals surface area contributed by atoms with E-state index in [4.69, 9.17) is 4.55 Å². The average Bonchev–Trinajstić information content (AvgIpc) is 2.38. The van der Waals surface area contributed by atoms with Gasteiger partial charge in [0.2, 0.25) is 0 Å². The fourth-order valence-corrected chi connectivity index (χ4v) is 2.32. The van der Waals surface area contributed by atoms with Gasteiger partial charge in [-0.05, 0) is 24.3 Å². The predicted molar refractivity (Wildman–Crippen MR) is 73.0 cm³/mol. The SMILES string of the molecule is O=Cc1ccc(Nc2ccccc2S(=O)(=O)O)cc1O. The number of nitrogens with one attached hydrogen (secondary N) is 1. The molecule has 0 saturated carbocycles. The zero-order chi connectivity index (χ0) is 14.8. The van der Waals surface area contributed by atoms with Gasteiger partial charge in [0.1, 0.15) is 10.6 Å². The Hall–Kier alpha value is -2.38. The van der Waals surface area contributed by atoms with Gasteiger partial charge in [0.15, 0.2) is 6.29 Å². The summed E-state index contributed by atoms with van der Waals surface area (Å²) in [6.07, 6.45) is 0.505. The van der Waals surface area contributed by atoms with Crippen molar-refractivity contribution in [1.82, 2.24) is 0 Å². The van der Waals surface area contributed by atoms with Crippen molar-refractivity contribution in [1.29, 1.82) is 0 Å².